The molecule has 0 fully saturated rings. The van der Waals surface area contributed by atoms with Gasteiger partial charge in [-0.15, -0.1) is 0 Å². The van der Waals surface area contributed by atoms with Crippen LogP contribution < -0.4 is 0 Å². The van der Waals surface area contributed by atoms with Crippen LogP contribution in [-0.2, 0) is 6.42 Å². The maximum Gasteiger partial charge on any atom is 0.0765 e. The van der Waals surface area contributed by atoms with Crippen LogP contribution in [0.15, 0.2) is 12.1 Å². The van der Waals surface area contributed by atoms with Crippen molar-refractivity contribution in [3.05, 3.63) is 34.4 Å². The first-order valence-electron chi connectivity index (χ1n) is 4.71. The minimum atomic E-state index is -0.503. The Morgan fingerprint density at radius 1 is 1.43 bits per heavy atom. The molecule has 0 amide bonds. The lowest BCUT2D eigenvalue weighted by Gasteiger charge is -2.13. The molecule has 1 aromatic carbocycles. The SMILES string of the molecule is Cc1cc(C)c(CC#N)c(C(C)O)c1. The lowest BCUT2D eigenvalue weighted by molar-refractivity contribution is 0.198. The van der Waals surface area contributed by atoms with Crippen molar-refractivity contribution in [2.75, 3.05) is 0 Å². The highest BCUT2D eigenvalue weighted by atomic mass is 16.3. The average molecular weight is 189 g/mol. The fraction of sp³-hybridized carbons (Fsp3) is 0.417. The molecule has 1 atom stereocenters. The predicted octanol–water partition coefficient (Wildman–Crippen LogP) is 2.42. The first kappa shape index (κ1) is 10.7. The number of hydrogen-bond acceptors (Lipinski definition) is 2. The molecule has 0 saturated heterocycles. The van der Waals surface area contributed by atoms with E-state index < -0.39 is 6.10 Å². The van der Waals surface area contributed by atoms with Crippen molar-refractivity contribution in [3.8, 4) is 6.07 Å². The smallest absolute Gasteiger partial charge is 0.0765 e. The molecule has 0 heterocycles. The van der Waals surface area contributed by atoms with E-state index >= 15 is 0 Å². The maximum absolute atomic E-state index is 9.57. The Hall–Kier alpha value is -1.33. The summed E-state index contributed by atoms with van der Waals surface area (Å²) in [5.74, 6) is 0. The molecule has 0 aliphatic rings. The molecule has 2 heteroatoms. The summed E-state index contributed by atoms with van der Waals surface area (Å²) in [6, 6.07) is 6.12. The van der Waals surface area contributed by atoms with Crippen LogP contribution >= 0.6 is 0 Å². The molecule has 0 spiro atoms. The third-order valence-electron chi connectivity index (χ3n) is 2.36. The van der Waals surface area contributed by atoms with Crippen LogP contribution in [0, 0.1) is 25.2 Å². The van der Waals surface area contributed by atoms with Gasteiger partial charge in [0.1, 0.15) is 0 Å². The normalized spacial score (nSPS) is 12.2. The molecule has 1 unspecified atom stereocenters. The van der Waals surface area contributed by atoms with Gasteiger partial charge in [-0.25, -0.2) is 0 Å². The van der Waals surface area contributed by atoms with E-state index in [0.717, 1.165) is 22.3 Å². The van der Waals surface area contributed by atoms with E-state index in [1.54, 1.807) is 6.92 Å². The summed E-state index contributed by atoms with van der Waals surface area (Å²) in [5, 5.41) is 18.3. The monoisotopic (exact) mass is 189 g/mol. The fourth-order valence-corrected chi connectivity index (χ4v) is 1.72. The Morgan fingerprint density at radius 2 is 2.07 bits per heavy atom. The first-order chi connectivity index (χ1) is 6.56. The molecule has 1 rings (SSSR count). The van der Waals surface area contributed by atoms with E-state index in [-0.39, 0.29) is 0 Å². The molecule has 0 aliphatic carbocycles. The van der Waals surface area contributed by atoms with Gasteiger partial charge in [-0.3, -0.25) is 0 Å². The number of aryl methyl sites for hydroxylation is 2. The van der Waals surface area contributed by atoms with E-state index in [9.17, 15) is 5.11 Å². The first-order valence-corrected chi connectivity index (χ1v) is 4.71. The minimum absolute atomic E-state index is 0.367. The van der Waals surface area contributed by atoms with Crippen molar-refractivity contribution in [3.63, 3.8) is 0 Å². The second-order valence-electron chi connectivity index (χ2n) is 3.66. The van der Waals surface area contributed by atoms with E-state index in [1.165, 1.54) is 0 Å². The minimum Gasteiger partial charge on any atom is -0.389 e. The zero-order chi connectivity index (χ0) is 10.7. The molecule has 14 heavy (non-hydrogen) atoms. The Kier molecular flexibility index (Phi) is 3.27. The number of aliphatic hydroxyl groups excluding tert-OH is 1. The van der Waals surface area contributed by atoms with Crippen LogP contribution in [0.3, 0.4) is 0 Å². The van der Waals surface area contributed by atoms with Crippen molar-refractivity contribution < 1.29 is 5.11 Å². The average Bonchev–Trinajstić information content (AvgIpc) is 2.09. The van der Waals surface area contributed by atoms with Gasteiger partial charge in [0.05, 0.1) is 18.6 Å². The third kappa shape index (κ3) is 2.12. The zero-order valence-corrected chi connectivity index (χ0v) is 8.83. The van der Waals surface area contributed by atoms with Crippen LogP contribution in [-0.4, -0.2) is 5.11 Å². The highest BCUT2D eigenvalue weighted by Crippen LogP contribution is 2.23. The van der Waals surface area contributed by atoms with Crippen LogP contribution in [0.25, 0.3) is 0 Å². The molecule has 0 aromatic heterocycles. The van der Waals surface area contributed by atoms with Gasteiger partial charge in [0.2, 0.25) is 0 Å². The van der Waals surface area contributed by atoms with E-state index in [1.807, 2.05) is 26.0 Å². The lowest BCUT2D eigenvalue weighted by Crippen LogP contribution is -2.01. The fourth-order valence-electron chi connectivity index (χ4n) is 1.72. The summed E-state index contributed by atoms with van der Waals surface area (Å²) < 4.78 is 0. The van der Waals surface area contributed by atoms with Gasteiger partial charge < -0.3 is 5.11 Å². The predicted molar refractivity (Wildman–Crippen MR) is 55.9 cm³/mol. The Labute approximate surface area is 84.8 Å². The molecule has 0 saturated carbocycles. The Morgan fingerprint density at radius 3 is 2.57 bits per heavy atom. The number of rotatable bonds is 2. The Balaban J connectivity index is 3.30. The number of nitrogens with zero attached hydrogens (tertiary/aromatic N) is 1. The van der Waals surface area contributed by atoms with Gasteiger partial charge in [0.15, 0.2) is 0 Å². The molecule has 0 aliphatic heterocycles. The Bertz CT molecular complexity index is 375. The number of hydrogen-bond donors (Lipinski definition) is 1. The summed E-state index contributed by atoms with van der Waals surface area (Å²) in [5.41, 5.74) is 4.06. The molecule has 1 N–H and O–H groups in total. The van der Waals surface area contributed by atoms with Crippen LogP contribution in [0.4, 0.5) is 0 Å². The molecular weight excluding hydrogens is 174 g/mol. The van der Waals surface area contributed by atoms with Crippen LogP contribution in [0.1, 0.15) is 35.3 Å². The van der Waals surface area contributed by atoms with Crippen LogP contribution in [0.5, 0.6) is 0 Å². The molecule has 1 aromatic rings. The molecule has 74 valence electrons. The number of nitriles is 1. The van der Waals surface area contributed by atoms with E-state index in [4.69, 9.17) is 5.26 Å². The van der Waals surface area contributed by atoms with Gasteiger partial charge in [-0.1, -0.05) is 17.7 Å². The van der Waals surface area contributed by atoms with Gasteiger partial charge in [0.25, 0.3) is 0 Å². The van der Waals surface area contributed by atoms with E-state index in [0.29, 0.717) is 6.42 Å². The quantitative estimate of drug-likeness (QED) is 0.776. The number of aliphatic hydroxyl groups is 1. The summed E-state index contributed by atoms with van der Waals surface area (Å²) >= 11 is 0. The summed E-state index contributed by atoms with van der Waals surface area (Å²) in [6.45, 7) is 5.70. The summed E-state index contributed by atoms with van der Waals surface area (Å²) in [6.07, 6.45) is -0.135. The number of benzene rings is 1. The molecule has 0 radical (unpaired) electrons. The van der Waals surface area contributed by atoms with Gasteiger partial charge in [-0.2, -0.15) is 5.26 Å². The van der Waals surface area contributed by atoms with Crippen LogP contribution in [0.2, 0.25) is 0 Å². The van der Waals surface area contributed by atoms with Gasteiger partial charge >= 0.3 is 0 Å². The topological polar surface area (TPSA) is 44.0 Å². The van der Waals surface area contributed by atoms with Crippen molar-refractivity contribution in [1.29, 1.82) is 5.26 Å². The second kappa shape index (κ2) is 4.26. The van der Waals surface area contributed by atoms with Crippen molar-refractivity contribution >= 4 is 0 Å². The van der Waals surface area contributed by atoms with Crippen molar-refractivity contribution in [2.45, 2.75) is 33.3 Å². The van der Waals surface area contributed by atoms with E-state index in [2.05, 4.69) is 6.07 Å². The second-order valence-corrected chi connectivity index (χ2v) is 3.66. The van der Waals surface area contributed by atoms with Crippen molar-refractivity contribution in [1.82, 2.24) is 0 Å². The maximum atomic E-state index is 9.57. The lowest BCUT2D eigenvalue weighted by atomic mass is 9.94. The highest BCUT2D eigenvalue weighted by Gasteiger charge is 2.10. The summed E-state index contributed by atoms with van der Waals surface area (Å²) in [7, 11) is 0. The zero-order valence-electron chi connectivity index (χ0n) is 8.83. The highest BCUT2D eigenvalue weighted by molar-refractivity contribution is 5.40. The largest absolute Gasteiger partial charge is 0.389 e. The standard InChI is InChI=1S/C12H15NO/c1-8-6-9(2)11(4-5-13)12(7-8)10(3)14/h6-7,10,14H,4H2,1-3H3. The molecule has 2 nitrogen and oxygen atoms in total. The van der Waals surface area contributed by atoms with Gasteiger partial charge in [0, 0.05) is 0 Å². The third-order valence-corrected chi connectivity index (χ3v) is 2.36. The molecule has 0 bridgehead atoms. The van der Waals surface area contributed by atoms with Gasteiger partial charge in [-0.05, 0) is 37.5 Å². The molecular formula is C12H15NO. The van der Waals surface area contributed by atoms with Crippen molar-refractivity contribution in [2.24, 2.45) is 0 Å². The summed E-state index contributed by atoms with van der Waals surface area (Å²) in [4.78, 5) is 0.